The van der Waals surface area contributed by atoms with Gasteiger partial charge in [0.25, 0.3) is 0 Å². The van der Waals surface area contributed by atoms with Crippen molar-refractivity contribution < 1.29 is 13.2 Å². The molecule has 142 valence electrons. The standard InChI is InChI=1S/C17H16ClN3O3S3/c1-10-12(18)4-3-5-13(10)19-16(22)9-25-17-20-14-7-6-11(8-15(14)26-17)21-27(2,23)24/h3-8,21H,9H2,1-2H3,(H,19,22). The Morgan fingerprint density at radius 2 is 2.07 bits per heavy atom. The van der Waals surface area contributed by atoms with Crippen molar-refractivity contribution in [3.05, 3.63) is 47.0 Å². The first-order chi connectivity index (χ1) is 12.7. The minimum atomic E-state index is -3.33. The Morgan fingerprint density at radius 1 is 1.30 bits per heavy atom. The monoisotopic (exact) mass is 441 g/mol. The summed E-state index contributed by atoms with van der Waals surface area (Å²) in [7, 11) is -3.33. The minimum absolute atomic E-state index is 0.149. The number of thiazole rings is 1. The van der Waals surface area contributed by atoms with E-state index in [0.29, 0.717) is 16.4 Å². The number of hydrogen-bond acceptors (Lipinski definition) is 6. The Labute approximate surface area is 170 Å². The number of carbonyl (C=O) groups is 1. The summed E-state index contributed by atoms with van der Waals surface area (Å²) in [6, 6.07) is 10.5. The first-order valence-electron chi connectivity index (χ1n) is 7.77. The third kappa shape index (κ3) is 5.35. The molecule has 0 aliphatic rings. The van der Waals surface area contributed by atoms with E-state index in [1.807, 2.05) is 6.92 Å². The lowest BCUT2D eigenvalue weighted by Crippen LogP contribution is -2.14. The number of nitrogens with zero attached hydrogens (tertiary/aromatic N) is 1. The van der Waals surface area contributed by atoms with E-state index in [9.17, 15) is 13.2 Å². The summed E-state index contributed by atoms with van der Waals surface area (Å²) in [6.07, 6.45) is 1.10. The van der Waals surface area contributed by atoms with Crippen LogP contribution in [0.5, 0.6) is 0 Å². The van der Waals surface area contributed by atoms with Gasteiger partial charge in [-0.25, -0.2) is 13.4 Å². The lowest BCUT2D eigenvalue weighted by molar-refractivity contribution is -0.113. The second kappa shape index (κ2) is 8.05. The number of carbonyl (C=O) groups excluding carboxylic acids is 1. The van der Waals surface area contributed by atoms with Crippen LogP contribution < -0.4 is 10.0 Å². The topological polar surface area (TPSA) is 88.2 Å². The van der Waals surface area contributed by atoms with Gasteiger partial charge >= 0.3 is 0 Å². The fourth-order valence-electron chi connectivity index (χ4n) is 2.30. The average molecular weight is 442 g/mol. The number of amides is 1. The highest BCUT2D eigenvalue weighted by atomic mass is 35.5. The van der Waals surface area contributed by atoms with Crippen molar-refractivity contribution in [2.24, 2.45) is 0 Å². The summed E-state index contributed by atoms with van der Waals surface area (Å²) >= 11 is 8.79. The third-order valence-electron chi connectivity index (χ3n) is 3.54. The fourth-order valence-corrected chi connectivity index (χ4v) is 4.94. The summed E-state index contributed by atoms with van der Waals surface area (Å²) in [4.78, 5) is 16.7. The number of anilines is 2. The summed E-state index contributed by atoms with van der Waals surface area (Å²) in [5, 5.41) is 3.45. The molecule has 0 aliphatic heterocycles. The summed E-state index contributed by atoms with van der Waals surface area (Å²) < 4.78 is 26.7. The van der Waals surface area contributed by atoms with E-state index >= 15 is 0 Å². The molecule has 1 aromatic heterocycles. The molecule has 0 saturated carbocycles. The van der Waals surface area contributed by atoms with Crippen LogP contribution in [-0.4, -0.2) is 31.3 Å². The van der Waals surface area contributed by atoms with Gasteiger partial charge in [0.2, 0.25) is 15.9 Å². The molecular formula is C17H16ClN3O3S3. The molecule has 10 heteroatoms. The minimum Gasteiger partial charge on any atom is -0.325 e. The highest BCUT2D eigenvalue weighted by molar-refractivity contribution is 8.01. The molecule has 0 saturated heterocycles. The molecule has 1 amide bonds. The van der Waals surface area contributed by atoms with Gasteiger partial charge < -0.3 is 5.32 Å². The van der Waals surface area contributed by atoms with Crippen molar-refractivity contribution in [2.75, 3.05) is 22.0 Å². The van der Waals surface area contributed by atoms with Crippen LogP contribution in [0.3, 0.4) is 0 Å². The van der Waals surface area contributed by atoms with E-state index in [0.717, 1.165) is 26.4 Å². The van der Waals surface area contributed by atoms with Crippen molar-refractivity contribution in [1.29, 1.82) is 0 Å². The Hall–Kier alpha value is -1.81. The summed E-state index contributed by atoms with van der Waals surface area (Å²) in [5.41, 5.74) is 2.75. The number of halogens is 1. The van der Waals surface area contributed by atoms with Gasteiger partial charge in [0.05, 0.1) is 27.9 Å². The SMILES string of the molecule is Cc1c(Cl)cccc1NC(=O)CSc1nc2ccc(NS(C)(=O)=O)cc2s1. The van der Waals surface area contributed by atoms with Crippen LogP contribution >= 0.6 is 34.7 Å². The molecule has 27 heavy (non-hydrogen) atoms. The van der Waals surface area contributed by atoms with E-state index in [-0.39, 0.29) is 11.7 Å². The lowest BCUT2D eigenvalue weighted by Gasteiger charge is -2.08. The van der Waals surface area contributed by atoms with E-state index in [1.54, 1.807) is 36.4 Å². The quantitative estimate of drug-likeness (QED) is 0.555. The predicted octanol–water partition coefficient (Wildman–Crippen LogP) is 4.36. The number of nitrogens with one attached hydrogen (secondary N) is 2. The molecule has 0 bridgehead atoms. The fraction of sp³-hybridized carbons (Fsp3) is 0.176. The molecule has 2 aromatic carbocycles. The summed E-state index contributed by atoms with van der Waals surface area (Å²) in [5.74, 6) is 0.0595. The van der Waals surface area contributed by atoms with Gasteiger partial charge in [0.1, 0.15) is 0 Å². The van der Waals surface area contributed by atoms with Gasteiger partial charge in [-0.3, -0.25) is 9.52 Å². The summed E-state index contributed by atoms with van der Waals surface area (Å²) in [6.45, 7) is 1.85. The van der Waals surface area contributed by atoms with E-state index in [1.165, 1.54) is 23.1 Å². The Morgan fingerprint density at radius 3 is 2.81 bits per heavy atom. The normalized spacial score (nSPS) is 11.5. The molecule has 3 aromatic rings. The van der Waals surface area contributed by atoms with Crippen molar-refractivity contribution in [3.63, 3.8) is 0 Å². The number of rotatable bonds is 6. The van der Waals surface area contributed by atoms with Gasteiger partial charge in [0.15, 0.2) is 4.34 Å². The van der Waals surface area contributed by atoms with E-state index in [2.05, 4.69) is 15.0 Å². The third-order valence-corrected chi connectivity index (χ3v) is 6.72. The Balaban J connectivity index is 1.66. The van der Waals surface area contributed by atoms with Crippen molar-refractivity contribution in [3.8, 4) is 0 Å². The second-order valence-electron chi connectivity index (χ2n) is 5.79. The zero-order valence-electron chi connectivity index (χ0n) is 14.4. The molecule has 0 fully saturated rings. The maximum atomic E-state index is 12.2. The molecule has 0 spiro atoms. The number of hydrogen-bond donors (Lipinski definition) is 2. The van der Waals surface area contributed by atoms with E-state index < -0.39 is 10.0 Å². The number of fused-ring (bicyclic) bond motifs is 1. The number of benzene rings is 2. The smallest absolute Gasteiger partial charge is 0.234 e. The molecule has 0 atom stereocenters. The van der Waals surface area contributed by atoms with Crippen LogP contribution in [0.25, 0.3) is 10.2 Å². The molecule has 0 unspecified atom stereocenters. The lowest BCUT2D eigenvalue weighted by atomic mass is 10.2. The molecule has 6 nitrogen and oxygen atoms in total. The maximum Gasteiger partial charge on any atom is 0.234 e. The van der Waals surface area contributed by atoms with Gasteiger partial charge in [-0.2, -0.15) is 0 Å². The van der Waals surface area contributed by atoms with Crippen molar-refractivity contribution in [2.45, 2.75) is 11.3 Å². The van der Waals surface area contributed by atoms with Crippen molar-refractivity contribution >= 4 is 72.2 Å². The first kappa shape index (κ1) is 19.9. The Kier molecular flexibility index (Phi) is 5.95. The van der Waals surface area contributed by atoms with Crippen LogP contribution in [-0.2, 0) is 14.8 Å². The van der Waals surface area contributed by atoms with Gasteiger partial charge in [0, 0.05) is 10.7 Å². The van der Waals surface area contributed by atoms with Crippen LogP contribution in [0.4, 0.5) is 11.4 Å². The van der Waals surface area contributed by atoms with Crippen LogP contribution in [0, 0.1) is 6.92 Å². The van der Waals surface area contributed by atoms with Gasteiger partial charge in [-0.05, 0) is 42.8 Å². The molecule has 1 heterocycles. The highest BCUT2D eigenvalue weighted by Gasteiger charge is 2.11. The number of sulfonamides is 1. The van der Waals surface area contributed by atoms with Crippen LogP contribution in [0.15, 0.2) is 40.7 Å². The predicted molar refractivity (Wildman–Crippen MR) is 114 cm³/mol. The van der Waals surface area contributed by atoms with E-state index in [4.69, 9.17) is 11.6 Å². The average Bonchev–Trinajstić information content (AvgIpc) is 2.98. The Bertz CT molecular complexity index is 1110. The second-order valence-corrected chi connectivity index (χ2v) is 10.2. The highest BCUT2D eigenvalue weighted by Crippen LogP contribution is 2.31. The van der Waals surface area contributed by atoms with Crippen LogP contribution in [0.2, 0.25) is 5.02 Å². The van der Waals surface area contributed by atoms with Crippen LogP contribution in [0.1, 0.15) is 5.56 Å². The molecular weight excluding hydrogens is 426 g/mol. The zero-order chi connectivity index (χ0) is 19.6. The molecule has 0 aliphatic carbocycles. The molecule has 3 rings (SSSR count). The molecule has 0 radical (unpaired) electrons. The molecule has 2 N–H and O–H groups in total. The maximum absolute atomic E-state index is 12.2. The zero-order valence-corrected chi connectivity index (χ0v) is 17.7. The van der Waals surface area contributed by atoms with Crippen molar-refractivity contribution in [1.82, 2.24) is 4.98 Å². The first-order valence-corrected chi connectivity index (χ1v) is 11.8. The number of aromatic nitrogens is 1. The van der Waals surface area contributed by atoms with Gasteiger partial charge in [-0.1, -0.05) is 29.4 Å². The largest absolute Gasteiger partial charge is 0.325 e. The van der Waals surface area contributed by atoms with Gasteiger partial charge in [-0.15, -0.1) is 11.3 Å². The number of thioether (sulfide) groups is 1.